The van der Waals surface area contributed by atoms with E-state index in [4.69, 9.17) is 9.15 Å². The Morgan fingerprint density at radius 3 is 2.82 bits per heavy atom. The smallest absolute Gasteiger partial charge is 0.196 e. The van der Waals surface area contributed by atoms with Gasteiger partial charge in [-0.15, -0.1) is 0 Å². The minimum absolute atomic E-state index is 0.104. The van der Waals surface area contributed by atoms with Gasteiger partial charge in [0.25, 0.3) is 0 Å². The lowest BCUT2D eigenvalue weighted by atomic mass is 10.2. The van der Waals surface area contributed by atoms with Crippen molar-refractivity contribution in [2.45, 2.75) is 12.6 Å². The highest BCUT2D eigenvalue weighted by Crippen LogP contribution is 2.30. The fourth-order valence-corrected chi connectivity index (χ4v) is 3.75. The lowest BCUT2D eigenvalue weighted by Crippen LogP contribution is -2.44. The molecule has 5 rings (SSSR count). The molecule has 1 unspecified atom stereocenters. The van der Waals surface area contributed by atoms with E-state index in [1.807, 2.05) is 24.3 Å². The van der Waals surface area contributed by atoms with Crippen LogP contribution in [0.25, 0.3) is 22.1 Å². The fourth-order valence-electron chi connectivity index (χ4n) is 3.75. The summed E-state index contributed by atoms with van der Waals surface area (Å²) in [6, 6.07) is 18.5. The average Bonchev–Trinajstić information content (AvgIpc) is 3.13. The van der Waals surface area contributed by atoms with E-state index in [2.05, 4.69) is 50.5 Å². The maximum atomic E-state index is 5.98. The lowest BCUT2D eigenvalue weighted by Gasteiger charge is -2.33. The van der Waals surface area contributed by atoms with Crippen LogP contribution in [0.15, 0.2) is 65.3 Å². The number of para-hydroxylation sites is 1. The molecule has 2 aromatic carbocycles. The van der Waals surface area contributed by atoms with Crippen LogP contribution in [0.1, 0.15) is 5.56 Å². The molecule has 0 spiro atoms. The van der Waals surface area contributed by atoms with Gasteiger partial charge in [0, 0.05) is 31.6 Å². The Labute approximate surface area is 163 Å². The zero-order valence-corrected chi connectivity index (χ0v) is 15.5. The van der Waals surface area contributed by atoms with Gasteiger partial charge in [0.05, 0.1) is 12.7 Å². The number of rotatable bonds is 5. The third-order valence-corrected chi connectivity index (χ3v) is 5.13. The van der Waals surface area contributed by atoms with E-state index >= 15 is 0 Å². The molecule has 6 nitrogen and oxygen atoms in total. The van der Waals surface area contributed by atoms with E-state index < -0.39 is 0 Å². The van der Waals surface area contributed by atoms with Gasteiger partial charge >= 0.3 is 0 Å². The van der Waals surface area contributed by atoms with Crippen molar-refractivity contribution >= 4 is 27.9 Å². The number of nitrogens with one attached hydrogen (secondary N) is 1. The molecule has 1 atom stereocenters. The molecule has 28 heavy (non-hydrogen) atoms. The van der Waals surface area contributed by atoms with Crippen molar-refractivity contribution in [3.8, 4) is 0 Å². The van der Waals surface area contributed by atoms with E-state index in [9.17, 15) is 0 Å². The van der Waals surface area contributed by atoms with Crippen molar-refractivity contribution < 1.29 is 9.15 Å². The van der Waals surface area contributed by atoms with Gasteiger partial charge in [0.15, 0.2) is 11.4 Å². The number of furan rings is 1. The van der Waals surface area contributed by atoms with E-state index in [0.29, 0.717) is 17.9 Å². The molecule has 1 aliphatic heterocycles. The molecule has 1 fully saturated rings. The first-order chi connectivity index (χ1) is 13.9. The Bertz CT molecular complexity index is 1080. The lowest BCUT2D eigenvalue weighted by molar-refractivity contribution is -0.0240. The molecule has 0 saturated carbocycles. The Morgan fingerprint density at radius 1 is 1.04 bits per heavy atom. The Balaban J connectivity index is 1.28. The van der Waals surface area contributed by atoms with Crippen LogP contribution in [0.3, 0.4) is 0 Å². The van der Waals surface area contributed by atoms with Gasteiger partial charge in [-0.2, -0.15) is 0 Å². The first kappa shape index (κ1) is 17.2. The molecule has 1 N–H and O–H groups in total. The van der Waals surface area contributed by atoms with Crippen molar-refractivity contribution in [2.75, 3.05) is 31.6 Å². The summed E-state index contributed by atoms with van der Waals surface area (Å²) >= 11 is 0. The van der Waals surface area contributed by atoms with Gasteiger partial charge < -0.3 is 14.5 Å². The second kappa shape index (κ2) is 7.58. The first-order valence-electron chi connectivity index (χ1n) is 9.61. The van der Waals surface area contributed by atoms with Crippen molar-refractivity contribution in [3.63, 3.8) is 0 Å². The van der Waals surface area contributed by atoms with Crippen LogP contribution in [0.4, 0.5) is 5.82 Å². The van der Waals surface area contributed by atoms with Crippen LogP contribution in [0, 0.1) is 0 Å². The van der Waals surface area contributed by atoms with Crippen LogP contribution >= 0.6 is 0 Å². The summed E-state index contributed by atoms with van der Waals surface area (Å²) in [6.45, 7) is 4.20. The molecule has 1 aliphatic rings. The predicted octanol–water partition coefficient (Wildman–Crippen LogP) is 3.69. The summed E-state index contributed by atoms with van der Waals surface area (Å²) in [6.07, 6.45) is 1.68. The minimum Gasteiger partial charge on any atom is -0.450 e. The van der Waals surface area contributed by atoms with Crippen molar-refractivity contribution in [1.82, 2.24) is 14.9 Å². The summed E-state index contributed by atoms with van der Waals surface area (Å²) in [5, 5.41) is 4.41. The first-order valence-corrected chi connectivity index (χ1v) is 9.61. The van der Waals surface area contributed by atoms with E-state index in [1.54, 1.807) is 6.33 Å². The van der Waals surface area contributed by atoms with Crippen molar-refractivity contribution in [3.05, 3.63) is 66.5 Å². The highest BCUT2D eigenvalue weighted by molar-refractivity contribution is 6.05. The van der Waals surface area contributed by atoms with Gasteiger partial charge in [0.2, 0.25) is 0 Å². The summed E-state index contributed by atoms with van der Waals surface area (Å²) in [5.74, 6) is 0.713. The van der Waals surface area contributed by atoms with Crippen LogP contribution in [0.2, 0.25) is 0 Å². The van der Waals surface area contributed by atoms with Gasteiger partial charge in [-0.05, 0) is 17.7 Å². The molecule has 0 amide bonds. The molecule has 0 aliphatic carbocycles. The van der Waals surface area contributed by atoms with Crippen LogP contribution < -0.4 is 5.32 Å². The molecule has 0 radical (unpaired) electrons. The van der Waals surface area contributed by atoms with E-state index in [-0.39, 0.29) is 6.10 Å². The summed E-state index contributed by atoms with van der Waals surface area (Å²) < 4.78 is 11.9. The molecule has 6 heteroatoms. The number of hydrogen-bond donors (Lipinski definition) is 1. The second-order valence-corrected chi connectivity index (χ2v) is 7.09. The highest BCUT2D eigenvalue weighted by Gasteiger charge is 2.21. The molecule has 0 bridgehead atoms. The predicted molar refractivity (Wildman–Crippen MR) is 109 cm³/mol. The zero-order valence-electron chi connectivity index (χ0n) is 15.5. The number of morpholine rings is 1. The topological polar surface area (TPSA) is 63.4 Å². The van der Waals surface area contributed by atoms with Crippen LogP contribution in [0.5, 0.6) is 0 Å². The average molecular weight is 374 g/mol. The van der Waals surface area contributed by atoms with Gasteiger partial charge in [-0.3, -0.25) is 4.90 Å². The Hall–Kier alpha value is -2.96. The standard InChI is InChI=1S/C22H22N4O2/c1-2-6-16(7-3-1)13-26-10-11-27-17(14-26)12-23-22-21-20(24-15-25-22)18-8-4-5-9-19(18)28-21/h1-9,15,17H,10-14H2,(H,23,24,25). The third kappa shape index (κ3) is 3.44. The number of hydrogen-bond acceptors (Lipinski definition) is 6. The Morgan fingerprint density at radius 2 is 1.89 bits per heavy atom. The number of benzene rings is 2. The number of nitrogens with zero attached hydrogens (tertiary/aromatic N) is 3. The SMILES string of the molecule is c1ccc(CN2CCOC(CNc3ncnc4c3oc3ccccc34)C2)cc1. The molecule has 142 valence electrons. The highest BCUT2D eigenvalue weighted by atomic mass is 16.5. The largest absolute Gasteiger partial charge is 0.450 e. The molecule has 2 aromatic heterocycles. The van der Waals surface area contributed by atoms with E-state index in [0.717, 1.165) is 42.7 Å². The van der Waals surface area contributed by atoms with E-state index in [1.165, 1.54) is 5.56 Å². The summed E-state index contributed by atoms with van der Waals surface area (Å²) in [4.78, 5) is 11.2. The minimum atomic E-state index is 0.104. The molecular formula is C22H22N4O2. The van der Waals surface area contributed by atoms with Crippen LogP contribution in [-0.4, -0.2) is 47.2 Å². The number of fused-ring (bicyclic) bond motifs is 3. The van der Waals surface area contributed by atoms with Gasteiger partial charge in [0.1, 0.15) is 17.4 Å². The molecule has 1 saturated heterocycles. The van der Waals surface area contributed by atoms with Gasteiger partial charge in [-0.1, -0.05) is 42.5 Å². The fraction of sp³-hybridized carbons (Fsp3) is 0.273. The maximum Gasteiger partial charge on any atom is 0.196 e. The van der Waals surface area contributed by atoms with Gasteiger partial charge in [-0.25, -0.2) is 9.97 Å². The van der Waals surface area contributed by atoms with Crippen molar-refractivity contribution in [2.24, 2.45) is 0 Å². The van der Waals surface area contributed by atoms with Crippen molar-refractivity contribution in [1.29, 1.82) is 0 Å². The molecular weight excluding hydrogens is 352 g/mol. The Kier molecular flexibility index (Phi) is 4.64. The zero-order chi connectivity index (χ0) is 18.8. The number of aromatic nitrogens is 2. The monoisotopic (exact) mass is 374 g/mol. The summed E-state index contributed by atoms with van der Waals surface area (Å²) in [5.41, 5.74) is 3.68. The van der Waals surface area contributed by atoms with Crippen LogP contribution in [-0.2, 0) is 11.3 Å². The number of anilines is 1. The third-order valence-electron chi connectivity index (χ3n) is 5.13. The second-order valence-electron chi connectivity index (χ2n) is 7.09. The summed E-state index contributed by atoms with van der Waals surface area (Å²) in [7, 11) is 0. The molecule has 3 heterocycles. The number of ether oxygens (including phenoxy) is 1. The molecule has 4 aromatic rings. The normalized spacial score (nSPS) is 17.9. The quantitative estimate of drug-likeness (QED) is 0.575. The maximum absolute atomic E-state index is 5.98.